The average molecular weight is 384 g/mol. The molecule has 7 nitrogen and oxygen atoms in total. The third kappa shape index (κ3) is 4.03. The highest BCUT2D eigenvalue weighted by Crippen LogP contribution is 2.55. The minimum absolute atomic E-state index is 0.00991. The van der Waals surface area contributed by atoms with Crippen LogP contribution in [-0.2, 0) is 14.3 Å². The van der Waals surface area contributed by atoms with Crippen LogP contribution in [0.2, 0.25) is 0 Å². The molecular formula is C21H28N4O3. The Morgan fingerprint density at radius 2 is 1.79 bits per heavy atom. The lowest BCUT2D eigenvalue weighted by molar-refractivity contribution is -0.134. The molecule has 1 amide bonds. The van der Waals surface area contributed by atoms with Gasteiger partial charge in [-0.3, -0.25) is 9.78 Å². The third-order valence-electron chi connectivity index (χ3n) is 6.45. The average Bonchev–Trinajstić information content (AvgIpc) is 2.65. The molecule has 7 heteroatoms. The van der Waals surface area contributed by atoms with E-state index >= 15 is 0 Å². The number of methoxy groups -OCH3 is 1. The zero-order valence-electron chi connectivity index (χ0n) is 16.5. The van der Waals surface area contributed by atoms with Crippen molar-refractivity contribution in [2.24, 2.45) is 17.8 Å². The molecule has 0 spiro atoms. The van der Waals surface area contributed by atoms with E-state index in [0.29, 0.717) is 11.5 Å². The summed E-state index contributed by atoms with van der Waals surface area (Å²) < 4.78 is 4.54. The summed E-state index contributed by atoms with van der Waals surface area (Å²) in [6, 6.07) is -0.390. The molecule has 0 unspecified atom stereocenters. The van der Waals surface area contributed by atoms with Crippen molar-refractivity contribution in [2.75, 3.05) is 12.4 Å². The van der Waals surface area contributed by atoms with E-state index in [-0.39, 0.29) is 11.4 Å². The Labute approximate surface area is 165 Å². The molecule has 5 rings (SSSR count). The molecule has 4 bridgehead atoms. The second-order valence-electron chi connectivity index (χ2n) is 8.74. The number of aromatic nitrogens is 2. The molecule has 28 heavy (non-hydrogen) atoms. The molecule has 0 aliphatic heterocycles. The fourth-order valence-electron chi connectivity index (χ4n) is 5.64. The summed E-state index contributed by atoms with van der Waals surface area (Å²) in [7, 11) is 1.32. The number of carbonyl (C=O) groups excluding carboxylic acids is 2. The third-order valence-corrected chi connectivity index (χ3v) is 6.45. The first-order valence-electron chi connectivity index (χ1n) is 10.1. The van der Waals surface area contributed by atoms with Crippen LogP contribution in [0.3, 0.4) is 0 Å². The lowest BCUT2D eigenvalue weighted by atomic mass is 9.53. The van der Waals surface area contributed by atoms with E-state index in [1.165, 1.54) is 38.5 Å². The van der Waals surface area contributed by atoms with Crippen molar-refractivity contribution in [3.8, 4) is 0 Å². The van der Waals surface area contributed by atoms with Crippen LogP contribution in [0.4, 0.5) is 5.82 Å². The standard InChI is InChI=1S/C21H28N4O3/c1-13(24-18-12-22-17(11-23-18)3-4-19(26)28-2)20(27)25-21-8-14-5-15(9-21)7-16(6-14)10-21/h3-4,11-16H,5-10H2,1-2H3,(H,23,24)(H,25,27)/b4-3+/t13-,14?,15?,16?,21?/m1/s1. The summed E-state index contributed by atoms with van der Waals surface area (Å²) in [5.74, 6) is 2.50. The van der Waals surface area contributed by atoms with Crippen molar-refractivity contribution in [1.29, 1.82) is 0 Å². The van der Waals surface area contributed by atoms with Gasteiger partial charge in [0.25, 0.3) is 0 Å². The maximum Gasteiger partial charge on any atom is 0.330 e. The molecule has 0 aromatic carbocycles. The van der Waals surface area contributed by atoms with Gasteiger partial charge in [0.15, 0.2) is 0 Å². The molecular weight excluding hydrogens is 356 g/mol. The Kier molecular flexibility index (Phi) is 5.08. The molecule has 1 aromatic heterocycles. The number of hydrogen-bond acceptors (Lipinski definition) is 6. The van der Waals surface area contributed by atoms with Crippen LogP contribution in [-0.4, -0.2) is 40.5 Å². The van der Waals surface area contributed by atoms with Crippen LogP contribution < -0.4 is 10.6 Å². The smallest absolute Gasteiger partial charge is 0.330 e. The molecule has 4 aliphatic carbocycles. The molecule has 2 N–H and O–H groups in total. The van der Waals surface area contributed by atoms with Crippen LogP contribution in [0.1, 0.15) is 51.1 Å². The van der Waals surface area contributed by atoms with Crippen molar-refractivity contribution < 1.29 is 14.3 Å². The number of hydrogen-bond donors (Lipinski definition) is 2. The van der Waals surface area contributed by atoms with Crippen LogP contribution in [0.5, 0.6) is 0 Å². The molecule has 0 saturated heterocycles. The zero-order chi connectivity index (χ0) is 19.7. The van der Waals surface area contributed by atoms with E-state index in [9.17, 15) is 9.59 Å². The fraction of sp³-hybridized carbons (Fsp3) is 0.619. The van der Waals surface area contributed by atoms with Gasteiger partial charge in [0, 0.05) is 11.6 Å². The minimum Gasteiger partial charge on any atom is -0.466 e. The van der Waals surface area contributed by atoms with Gasteiger partial charge in [-0.1, -0.05) is 0 Å². The molecule has 4 saturated carbocycles. The number of esters is 1. The highest BCUT2D eigenvalue weighted by atomic mass is 16.5. The Morgan fingerprint density at radius 3 is 2.32 bits per heavy atom. The predicted octanol–water partition coefficient (Wildman–Crippen LogP) is 2.55. The molecule has 1 aromatic rings. The van der Waals surface area contributed by atoms with Crippen LogP contribution in [0.15, 0.2) is 18.5 Å². The van der Waals surface area contributed by atoms with Crippen LogP contribution >= 0.6 is 0 Å². The van der Waals surface area contributed by atoms with Crippen molar-refractivity contribution in [3.63, 3.8) is 0 Å². The van der Waals surface area contributed by atoms with E-state index in [1.807, 2.05) is 6.92 Å². The van der Waals surface area contributed by atoms with E-state index in [2.05, 4.69) is 25.3 Å². The minimum atomic E-state index is -0.445. The summed E-state index contributed by atoms with van der Waals surface area (Å²) in [6.07, 6.45) is 13.4. The number of rotatable bonds is 6. The maximum absolute atomic E-state index is 12.8. The number of amides is 1. The van der Waals surface area contributed by atoms with E-state index in [0.717, 1.165) is 37.0 Å². The largest absolute Gasteiger partial charge is 0.466 e. The van der Waals surface area contributed by atoms with Crippen molar-refractivity contribution >= 4 is 23.8 Å². The molecule has 4 aliphatic rings. The highest BCUT2D eigenvalue weighted by Gasteiger charge is 2.51. The molecule has 4 fully saturated rings. The predicted molar refractivity (Wildman–Crippen MR) is 105 cm³/mol. The van der Waals surface area contributed by atoms with Gasteiger partial charge in [-0.25, -0.2) is 9.78 Å². The summed E-state index contributed by atoms with van der Waals surface area (Å²) in [6.45, 7) is 1.85. The maximum atomic E-state index is 12.8. The Bertz CT molecular complexity index is 739. The zero-order valence-corrected chi connectivity index (χ0v) is 16.5. The quantitative estimate of drug-likeness (QED) is 0.578. The highest BCUT2D eigenvalue weighted by molar-refractivity contribution is 5.86. The van der Waals surface area contributed by atoms with Crippen LogP contribution in [0.25, 0.3) is 6.08 Å². The molecule has 1 heterocycles. The first-order valence-corrected chi connectivity index (χ1v) is 10.1. The van der Waals surface area contributed by atoms with Crippen molar-refractivity contribution in [1.82, 2.24) is 15.3 Å². The number of ether oxygens (including phenoxy) is 1. The van der Waals surface area contributed by atoms with Gasteiger partial charge >= 0.3 is 5.97 Å². The normalized spacial score (nSPS) is 31.6. The monoisotopic (exact) mass is 384 g/mol. The topological polar surface area (TPSA) is 93.2 Å². The number of nitrogens with zero attached hydrogens (tertiary/aromatic N) is 2. The number of nitrogens with one attached hydrogen (secondary N) is 2. The summed E-state index contributed by atoms with van der Waals surface area (Å²) in [5.41, 5.74) is 0.553. The first-order chi connectivity index (χ1) is 13.4. The van der Waals surface area contributed by atoms with Crippen LogP contribution in [0, 0.1) is 17.8 Å². The van der Waals surface area contributed by atoms with Gasteiger partial charge in [0.2, 0.25) is 5.91 Å². The van der Waals surface area contributed by atoms with E-state index in [1.54, 1.807) is 12.4 Å². The van der Waals surface area contributed by atoms with Gasteiger partial charge in [-0.15, -0.1) is 0 Å². The Balaban J connectivity index is 1.33. The Hall–Kier alpha value is -2.44. The summed E-state index contributed by atoms with van der Waals surface area (Å²) in [4.78, 5) is 32.4. The number of anilines is 1. The fourth-order valence-corrected chi connectivity index (χ4v) is 5.64. The number of carbonyl (C=O) groups is 2. The van der Waals surface area contributed by atoms with Gasteiger partial charge in [-0.2, -0.15) is 0 Å². The summed E-state index contributed by atoms with van der Waals surface area (Å²) in [5, 5.41) is 6.51. The van der Waals surface area contributed by atoms with E-state index in [4.69, 9.17) is 0 Å². The SMILES string of the molecule is COC(=O)/C=C/c1cnc(N[C@H](C)C(=O)NC23CC4CC(CC(C4)C2)C3)cn1. The molecule has 1 atom stereocenters. The van der Waals surface area contributed by atoms with E-state index < -0.39 is 12.0 Å². The van der Waals surface area contributed by atoms with Gasteiger partial charge in [-0.05, 0) is 69.3 Å². The van der Waals surface area contributed by atoms with Crippen molar-refractivity contribution in [3.05, 3.63) is 24.2 Å². The van der Waals surface area contributed by atoms with Gasteiger partial charge in [0.05, 0.1) is 25.2 Å². The summed E-state index contributed by atoms with van der Waals surface area (Å²) >= 11 is 0. The van der Waals surface area contributed by atoms with Gasteiger partial charge < -0.3 is 15.4 Å². The molecule has 150 valence electrons. The lowest BCUT2D eigenvalue weighted by Crippen LogP contribution is -2.61. The second-order valence-corrected chi connectivity index (χ2v) is 8.74. The lowest BCUT2D eigenvalue weighted by Gasteiger charge is -2.57. The first kappa shape index (κ1) is 18.9. The Morgan fingerprint density at radius 1 is 1.14 bits per heavy atom. The second kappa shape index (κ2) is 7.53. The van der Waals surface area contributed by atoms with Crippen molar-refractivity contribution in [2.45, 2.75) is 57.0 Å². The molecule has 0 radical (unpaired) electrons. The van der Waals surface area contributed by atoms with Gasteiger partial charge in [0.1, 0.15) is 11.9 Å².